The van der Waals surface area contributed by atoms with Gasteiger partial charge in [0.2, 0.25) is 0 Å². The molecule has 0 N–H and O–H groups in total. The van der Waals surface area contributed by atoms with Crippen LogP contribution >= 0.6 is 23.2 Å². The molecule has 1 aromatic carbocycles. The van der Waals surface area contributed by atoms with E-state index in [2.05, 4.69) is 0 Å². The maximum atomic E-state index is 12.0. The highest BCUT2D eigenvalue weighted by molar-refractivity contribution is 7.92. The van der Waals surface area contributed by atoms with Gasteiger partial charge >= 0.3 is 0 Å². The van der Waals surface area contributed by atoms with Crippen molar-refractivity contribution < 1.29 is 8.42 Å². The van der Waals surface area contributed by atoms with E-state index >= 15 is 0 Å². The Bertz CT molecular complexity index is 513. The fourth-order valence-electron chi connectivity index (χ4n) is 2.41. The predicted octanol–water partition coefficient (Wildman–Crippen LogP) is 3.46. The molecule has 5 heteroatoms. The third-order valence-corrected chi connectivity index (χ3v) is 6.54. The van der Waals surface area contributed by atoms with Crippen LogP contribution in [0.2, 0.25) is 5.02 Å². The first-order valence-corrected chi connectivity index (χ1v) is 8.62. The van der Waals surface area contributed by atoms with Crippen molar-refractivity contribution >= 4 is 33.0 Å². The molecule has 2 nitrogen and oxygen atoms in total. The summed E-state index contributed by atoms with van der Waals surface area (Å²) in [6, 6.07) is 7.42. The number of rotatable bonds is 3. The summed E-state index contributed by atoms with van der Waals surface area (Å²) in [6.45, 7) is 0. The van der Waals surface area contributed by atoms with E-state index in [4.69, 9.17) is 23.2 Å². The Balaban J connectivity index is 2.09. The molecule has 18 heavy (non-hydrogen) atoms. The summed E-state index contributed by atoms with van der Waals surface area (Å²) < 4.78 is 23.9. The smallest absolute Gasteiger partial charge is 0.154 e. The minimum absolute atomic E-state index is 0.274. The highest BCUT2D eigenvalue weighted by Crippen LogP contribution is 2.27. The van der Waals surface area contributed by atoms with Crippen molar-refractivity contribution in [2.45, 2.75) is 36.3 Å². The number of benzene rings is 1. The van der Waals surface area contributed by atoms with E-state index in [-0.39, 0.29) is 11.1 Å². The average Bonchev–Trinajstić information content (AvgIpc) is 2.28. The van der Waals surface area contributed by atoms with Gasteiger partial charge in [-0.2, -0.15) is 0 Å². The standard InChI is InChI=1S/C13H16Cl2O2S/c14-11-5-3-4-10(8-11)9-12(15)13-6-1-2-7-18(13,16)17/h3-5,8,12-13H,1-2,6-7,9H2. The molecule has 2 rings (SSSR count). The van der Waals surface area contributed by atoms with Gasteiger partial charge in [0.15, 0.2) is 9.84 Å². The molecule has 2 atom stereocenters. The second-order valence-electron chi connectivity index (χ2n) is 4.75. The van der Waals surface area contributed by atoms with Gasteiger partial charge in [-0.3, -0.25) is 0 Å². The van der Waals surface area contributed by atoms with Crippen molar-refractivity contribution in [2.75, 3.05) is 5.75 Å². The van der Waals surface area contributed by atoms with Crippen LogP contribution < -0.4 is 0 Å². The third-order valence-electron chi connectivity index (χ3n) is 3.35. The zero-order chi connectivity index (χ0) is 13.2. The molecule has 1 fully saturated rings. The van der Waals surface area contributed by atoms with Gasteiger partial charge < -0.3 is 0 Å². The molecule has 1 saturated heterocycles. The summed E-state index contributed by atoms with van der Waals surface area (Å²) >= 11 is 12.2. The first kappa shape index (κ1) is 14.2. The predicted molar refractivity (Wildman–Crippen MR) is 76.2 cm³/mol. The van der Waals surface area contributed by atoms with Gasteiger partial charge in [0, 0.05) is 5.02 Å². The highest BCUT2D eigenvalue weighted by Gasteiger charge is 2.34. The SMILES string of the molecule is O=S1(=O)CCCCC1C(Cl)Cc1cccc(Cl)c1. The Hall–Kier alpha value is -0.250. The van der Waals surface area contributed by atoms with Gasteiger partial charge in [0.05, 0.1) is 16.4 Å². The number of halogens is 2. The largest absolute Gasteiger partial charge is 0.228 e. The average molecular weight is 307 g/mol. The second kappa shape index (κ2) is 5.81. The summed E-state index contributed by atoms with van der Waals surface area (Å²) in [4.78, 5) is 0. The maximum absolute atomic E-state index is 12.0. The van der Waals surface area contributed by atoms with Gasteiger partial charge in [-0.25, -0.2) is 8.42 Å². The molecule has 1 heterocycles. The summed E-state index contributed by atoms with van der Waals surface area (Å²) in [7, 11) is -3.02. The summed E-state index contributed by atoms with van der Waals surface area (Å²) in [6.07, 6.45) is 2.94. The van der Waals surface area contributed by atoms with Crippen LogP contribution in [0.4, 0.5) is 0 Å². The maximum Gasteiger partial charge on any atom is 0.154 e. The zero-order valence-corrected chi connectivity index (χ0v) is 12.3. The number of sulfone groups is 1. The van der Waals surface area contributed by atoms with Crippen molar-refractivity contribution in [3.8, 4) is 0 Å². The lowest BCUT2D eigenvalue weighted by atomic mass is 10.0. The fraction of sp³-hybridized carbons (Fsp3) is 0.538. The molecule has 0 spiro atoms. The molecule has 1 aliphatic rings. The molecule has 0 saturated carbocycles. The minimum Gasteiger partial charge on any atom is -0.228 e. The monoisotopic (exact) mass is 306 g/mol. The molecule has 0 amide bonds. The molecule has 0 aliphatic carbocycles. The van der Waals surface area contributed by atoms with E-state index in [1.165, 1.54) is 0 Å². The van der Waals surface area contributed by atoms with Crippen LogP contribution in [0.25, 0.3) is 0 Å². The minimum atomic E-state index is -3.02. The van der Waals surface area contributed by atoms with E-state index in [1.54, 1.807) is 6.07 Å². The first-order chi connectivity index (χ1) is 8.49. The normalized spacial score (nSPS) is 24.7. The number of alkyl halides is 1. The van der Waals surface area contributed by atoms with Gasteiger partial charge in [0.1, 0.15) is 0 Å². The van der Waals surface area contributed by atoms with Crippen molar-refractivity contribution in [1.82, 2.24) is 0 Å². The molecule has 0 bridgehead atoms. The van der Waals surface area contributed by atoms with Crippen LogP contribution in [-0.4, -0.2) is 24.8 Å². The van der Waals surface area contributed by atoms with Crippen molar-refractivity contribution in [2.24, 2.45) is 0 Å². The Kier molecular flexibility index (Phi) is 4.57. The Labute approximate surface area is 118 Å². The van der Waals surface area contributed by atoms with Gasteiger partial charge in [-0.15, -0.1) is 11.6 Å². The van der Waals surface area contributed by atoms with Crippen LogP contribution in [0, 0.1) is 0 Å². The Morgan fingerprint density at radius 2 is 2.11 bits per heavy atom. The topological polar surface area (TPSA) is 34.1 Å². The van der Waals surface area contributed by atoms with E-state index < -0.39 is 15.1 Å². The highest BCUT2D eigenvalue weighted by atomic mass is 35.5. The van der Waals surface area contributed by atoms with Crippen molar-refractivity contribution in [3.05, 3.63) is 34.9 Å². The second-order valence-corrected chi connectivity index (χ2v) is 8.09. The van der Waals surface area contributed by atoms with Crippen LogP contribution in [0.15, 0.2) is 24.3 Å². The summed E-state index contributed by atoms with van der Waals surface area (Å²) in [5.41, 5.74) is 0.989. The van der Waals surface area contributed by atoms with Gasteiger partial charge in [-0.1, -0.05) is 30.2 Å². The number of hydrogen-bond acceptors (Lipinski definition) is 2. The zero-order valence-electron chi connectivity index (χ0n) is 9.98. The molecular weight excluding hydrogens is 291 g/mol. The first-order valence-electron chi connectivity index (χ1n) is 6.09. The molecule has 1 aromatic rings. The van der Waals surface area contributed by atoms with Gasteiger partial charge in [-0.05, 0) is 37.0 Å². The van der Waals surface area contributed by atoms with Crippen molar-refractivity contribution in [3.63, 3.8) is 0 Å². The van der Waals surface area contributed by atoms with E-state index in [1.807, 2.05) is 18.2 Å². The van der Waals surface area contributed by atoms with E-state index in [0.717, 1.165) is 18.4 Å². The number of hydrogen-bond donors (Lipinski definition) is 0. The third kappa shape index (κ3) is 3.40. The molecule has 0 radical (unpaired) electrons. The molecule has 1 aliphatic heterocycles. The molecule has 0 aromatic heterocycles. The molecule has 100 valence electrons. The summed E-state index contributed by atoms with van der Waals surface area (Å²) in [5.74, 6) is 0.274. The van der Waals surface area contributed by atoms with E-state index in [9.17, 15) is 8.42 Å². The van der Waals surface area contributed by atoms with Crippen molar-refractivity contribution in [1.29, 1.82) is 0 Å². The fourth-order valence-corrected chi connectivity index (χ4v) is 5.37. The van der Waals surface area contributed by atoms with E-state index in [0.29, 0.717) is 17.9 Å². The van der Waals surface area contributed by atoms with Crippen LogP contribution in [0.5, 0.6) is 0 Å². The summed E-state index contributed by atoms with van der Waals surface area (Å²) in [5, 5.41) is -0.122. The van der Waals surface area contributed by atoms with Crippen LogP contribution in [-0.2, 0) is 16.3 Å². The van der Waals surface area contributed by atoms with Crippen LogP contribution in [0.1, 0.15) is 24.8 Å². The Morgan fingerprint density at radius 1 is 1.33 bits per heavy atom. The molecular formula is C13H16Cl2O2S. The molecule has 2 unspecified atom stereocenters. The van der Waals surface area contributed by atoms with Gasteiger partial charge in [0.25, 0.3) is 0 Å². The lowest BCUT2D eigenvalue weighted by Crippen LogP contribution is -2.36. The lowest BCUT2D eigenvalue weighted by Gasteiger charge is -2.26. The Morgan fingerprint density at radius 3 is 2.78 bits per heavy atom. The van der Waals surface area contributed by atoms with Crippen LogP contribution in [0.3, 0.4) is 0 Å². The quantitative estimate of drug-likeness (QED) is 0.802. The lowest BCUT2D eigenvalue weighted by molar-refractivity contribution is 0.529.